The fraction of sp³-hybridized carbons (Fsp3) is 0.171. The Morgan fingerprint density at radius 2 is 1.72 bits per heavy atom. The molecule has 0 saturated carbocycles. The monoisotopic (exact) mass is 674 g/mol. The van der Waals surface area contributed by atoms with E-state index in [0.717, 1.165) is 26.4 Å². The summed E-state index contributed by atoms with van der Waals surface area (Å²) in [7, 11) is -3.49. The van der Waals surface area contributed by atoms with Crippen molar-refractivity contribution in [1.29, 1.82) is 0 Å². The average Bonchev–Trinajstić information content (AvgIpc) is 3.47. The molecule has 46 heavy (non-hydrogen) atoms. The van der Waals surface area contributed by atoms with Gasteiger partial charge in [-0.1, -0.05) is 48.0 Å². The van der Waals surface area contributed by atoms with Crippen molar-refractivity contribution in [2.75, 3.05) is 24.3 Å². The molecule has 1 heterocycles. The van der Waals surface area contributed by atoms with Crippen LogP contribution in [0.1, 0.15) is 39.8 Å². The van der Waals surface area contributed by atoms with Crippen LogP contribution in [-0.4, -0.2) is 44.2 Å². The van der Waals surface area contributed by atoms with Gasteiger partial charge in [0.25, 0.3) is 5.91 Å². The number of sulfone groups is 1. The van der Waals surface area contributed by atoms with Crippen LogP contribution in [0.15, 0.2) is 95.9 Å². The lowest BCUT2D eigenvalue weighted by Gasteiger charge is -2.14. The largest absolute Gasteiger partial charge is 0.480 e. The summed E-state index contributed by atoms with van der Waals surface area (Å²) < 4.78 is 37.3. The van der Waals surface area contributed by atoms with Gasteiger partial charge in [-0.05, 0) is 97.6 Å². The van der Waals surface area contributed by atoms with Crippen LogP contribution in [-0.2, 0) is 25.8 Å². The number of thiazole rings is 1. The number of hydrogen-bond acceptors (Lipinski definition) is 8. The van der Waals surface area contributed by atoms with Gasteiger partial charge in [-0.25, -0.2) is 18.2 Å². The number of amides is 1. The third-order valence-corrected chi connectivity index (χ3v) is 9.97. The number of nitrogens with zero attached hydrogens (tertiary/aromatic N) is 1. The molecular formula is C35H31ClN2O6S2. The highest BCUT2D eigenvalue weighted by molar-refractivity contribution is 7.91. The molecule has 0 aliphatic carbocycles. The van der Waals surface area contributed by atoms with Crippen molar-refractivity contribution in [1.82, 2.24) is 4.98 Å². The average molecular weight is 675 g/mol. The molecule has 0 fully saturated rings. The number of rotatable bonds is 13. The lowest BCUT2D eigenvalue weighted by Crippen LogP contribution is -2.17. The number of para-hydroxylation sites is 1. The van der Waals surface area contributed by atoms with Gasteiger partial charge in [0.1, 0.15) is 10.8 Å². The Bertz CT molecular complexity index is 1940. The van der Waals surface area contributed by atoms with Crippen molar-refractivity contribution in [3.05, 3.63) is 118 Å². The van der Waals surface area contributed by atoms with Crippen LogP contribution in [0.2, 0.25) is 5.02 Å². The van der Waals surface area contributed by atoms with Crippen molar-refractivity contribution in [2.45, 2.75) is 24.7 Å². The Hall–Kier alpha value is -4.51. The standard InChI is InChI=1S/C35H31ClN2O6S2/c1-2-43-34(39)23-44-31-19-11-25(6-5-21-46(41,42)28-17-15-27(36)16-18-28)22-30(31)38-35(40)26-13-9-24(10-14-26)12-20-33-37-29-7-3-4-8-32(29)45-33/h3-4,7-20,22H,2,5-6,21,23H2,1H3,(H,38,40)/b20-12+. The fourth-order valence-electron chi connectivity index (χ4n) is 4.59. The summed E-state index contributed by atoms with van der Waals surface area (Å²) in [4.78, 5) is 30.0. The first-order chi connectivity index (χ1) is 22.2. The molecule has 5 aromatic rings. The first kappa shape index (κ1) is 32.9. The highest BCUT2D eigenvalue weighted by Gasteiger charge is 2.16. The molecule has 1 amide bonds. The second kappa shape index (κ2) is 15.2. The number of aryl methyl sites for hydroxylation is 1. The topological polar surface area (TPSA) is 112 Å². The molecule has 0 saturated heterocycles. The van der Waals surface area contributed by atoms with Crippen molar-refractivity contribution >= 4 is 72.7 Å². The molecule has 0 spiro atoms. The maximum Gasteiger partial charge on any atom is 0.344 e. The minimum absolute atomic E-state index is 0.0583. The number of benzene rings is 4. The number of halogens is 1. The van der Waals surface area contributed by atoms with Crippen molar-refractivity contribution in [2.24, 2.45) is 0 Å². The zero-order valence-electron chi connectivity index (χ0n) is 24.9. The van der Waals surface area contributed by atoms with Crippen molar-refractivity contribution < 1.29 is 27.5 Å². The second-order valence-electron chi connectivity index (χ2n) is 10.2. The van der Waals surface area contributed by atoms with Crippen LogP contribution in [0.4, 0.5) is 5.69 Å². The van der Waals surface area contributed by atoms with Gasteiger partial charge in [-0.3, -0.25) is 4.79 Å². The van der Waals surface area contributed by atoms with E-state index in [-0.39, 0.29) is 35.5 Å². The summed E-state index contributed by atoms with van der Waals surface area (Å²) in [6, 6.07) is 26.3. The summed E-state index contributed by atoms with van der Waals surface area (Å²) in [5.41, 5.74) is 3.43. The molecule has 11 heteroatoms. The number of hydrogen-bond donors (Lipinski definition) is 1. The van der Waals surface area contributed by atoms with Gasteiger partial charge in [-0.15, -0.1) is 11.3 Å². The zero-order valence-corrected chi connectivity index (χ0v) is 27.3. The summed E-state index contributed by atoms with van der Waals surface area (Å²) in [5.74, 6) is -0.678. The number of esters is 1. The summed E-state index contributed by atoms with van der Waals surface area (Å²) >= 11 is 7.50. The van der Waals surface area contributed by atoms with E-state index < -0.39 is 15.8 Å². The Kier molecular flexibility index (Phi) is 10.8. The van der Waals surface area contributed by atoms with Gasteiger partial charge >= 0.3 is 5.97 Å². The lowest BCUT2D eigenvalue weighted by atomic mass is 10.1. The van der Waals surface area contributed by atoms with Gasteiger partial charge in [0.2, 0.25) is 0 Å². The minimum Gasteiger partial charge on any atom is -0.480 e. The van der Waals surface area contributed by atoms with Crippen molar-refractivity contribution in [3.63, 3.8) is 0 Å². The highest BCUT2D eigenvalue weighted by atomic mass is 35.5. The van der Waals surface area contributed by atoms with Gasteiger partial charge < -0.3 is 14.8 Å². The predicted octanol–water partition coefficient (Wildman–Crippen LogP) is 7.72. The molecule has 4 aromatic carbocycles. The summed E-state index contributed by atoms with van der Waals surface area (Å²) in [6.07, 6.45) is 4.67. The van der Waals surface area contributed by atoms with Crippen LogP contribution >= 0.6 is 22.9 Å². The Morgan fingerprint density at radius 3 is 2.46 bits per heavy atom. The Balaban J connectivity index is 1.26. The number of ether oxygens (including phenoxy) is 2. The maximum atomic E-state index is 13.3. The Morgan fingerprint density at radius 1 is 0.957 bits per heavy atom. The zero-order chi connectivity index (χ0) is 32.5. The van der Waals surface area contributed by atoms with E-state index in [1.54, 1.807) is 60.7 Å². The maximum absolute atomic E-state index is 13.3. The van der Waals surface area contributed by atoms with E-state index in [1.165, 1.54) is 12.1 Å². The van der Waals surface area contributed by atoms with E-state index in [0.29, 0.717) is 29.1 Å². The number of nitrogens with one attached hydrogen (secondary N) is 1. The Labute approximate surface area is 276 Å². The number of carbonyl (C=O) groups is 2. The minimum atomic E-state index is -3.49. The number of anilines is 1. The lowest BCUT2D eigenvalue weighted by molar-refractivity contribution is -0.145. The number of carbonyl (C=O) groups excluding carboxylic acids is 2. The summed E-state index contributed by atoms with van der Waals surface area (Å²) in [5, 5.41) is 4.23. The third-order valence-electron chi connectivity index (χ3n) is 6.90. The molecule has 0 radical (unpaired) electrons. The molecule has 8 nitrogen and oxygen atoms in total. The van der Waals surface area contributed by atoms with Gasteiger partial charge in [0, 0.05) is 10.6 Å². The van der Waals surface area contributed by atoms with E-state index in [2.05, 4.69) is 10.3 Å². The van der Waals surface area contributed by atoms with Crippen LogP contribution in [0.5, 0.6) is 5.75 Å². The summed E-state index contributed by atoms with van der Waals surface area (Å²) in [6.45, 7) is 1.59. The molecular weight excluding hydrogens is 644 g/mol. The molecule has 1 aromatic heterocycles. The molecule has 1 N–H and O–H groups in total. The van der Waals surface area contributed by atoms with Crippen LogP contribution in [0.3, 0.4) is 0 Å². The smallest absolute Gasteiger partial charge is 0.344 e. The van der Waals surface area contributed by atoms with E-state index >= 15 is 0 Å². The van der Waals surface area contributed by atoms with Crippen LogP contribution in [0.25, 0.3) is 22.4 Å². The predicted molar refractivity (Wildman–Crippen MR) is 183 cm³/mol. The molecule has 0 aliphatic rings. The van der Waals surface area contributed by atoms with Gasteiger partial charge in [-0.2, -0.15) is 0 Å². The number of fused-ring (bicyclic) bond motifs is 1. The number of aromatic nitrogens is 1. The van der Waals surface area contributed by atoms with Gasteiger partial charge in [0.05, 0.1) is 33.2 Å². The third kappa shape index (κ3) is 8.81. The van der Waals surface area contributed by atoms with Gasteiger partial charge in [0.15, 0.2) is 16.4 Å². The molecule has 0 unspecified atom stereocenters. The quantitative estimate of drug-likeness (QED) is 0.127. The molecule has 0 bridgehead atoms. The van der Waals surface area contributed by atoms with E-state index in [1.807, 2.05) is 48.6 Å². The van der Waals surface area contributed by atoms with Crippen LogP contribution in [0, 0.1) is 0 Å². The van der Waals surface area contributed by atoms with E-state index in [4.69, 9.17) is 21.1 Å². The first-order valence-corrected chi connectivity index (χ1v) is 17.4. The highest BCUT2D eigenvalue weighted by Crippen LogP contribution is 2.28. The first-order valence-electron chi connectivity index (χ1n) is 14.5. The van der Waals surface area contributed by atoms with E-state index in [9.17, 15) is 18.0 Å². The fourth-order valence-corrected chi connectivity index (χ4v) is 6.90. The SMILES string of the molecule is CCOC(=O)COc1ccc(CCCS(=O)(=O)c2ccc(Cl)cc2)cc1NC(=O)c1ccc(/C=C/c2nc3ccccc3s2)cc1. The molecule has 0 aliphatic heterocycles. The molecule has 5 rings (SSSR count). The molecule has 236 valence electrons. The normalized spacial score (nSPS) is 11.5. The van der Waals surface area contributed by atoms with Crippen LogP contribution < -0.4 is 10.1 Å². The van der Waals surface area contributed by atoms with Crippen molar-refractivity contribution in [3.8, 4) is 5.75 Å². The second-order valence-corrected chi connectivity index (χ2v) is 13.8. The molecule has 0 atom stereocenters.